The zero-order valence-electron chi connectivity index (χ0n) is 16.6. The Kier molecular flexibility index (Phi) is 6.57. The van der Waals surface area contributed by atoms with Crippen LogP contribution in [-0.2, 0) is 16.1 Å². The van der Waals surface area contributed by atoms with Crippen molar-refractivity contribution in [2.24, 2.45) is 5.10 Å². The van der Waals surface area contributed by atoms with Crippen LogP contribution in [0.1, 0.15) is 22.4 Å². The fourth-order valence-electron chi connectivity index (χ4n) is 3.02. The second kappa shape index (κ2) is 9.49. The Morgan fingerprint density at radius 3 is 2.90 bits per heavy atom. The molecule has 0 bridgehead atoms. The van der Waals surface area contributed by atoms with E-state index in [1.807, 2.05) is 31.2 Å². The van der Waals surface area contributed by atoms with Crippen LogP contribution in [0.2, 0.25) is 0 Å². The van der Waals surface area contributed by atoms with Crippen molar-refractivity contribution >= 4 is 22.9 Å². The molecule has 0 aliphatic carbocycles. The quantitative estimate of drug-likeness (QED) is 0.462. The average molecular weight is 405 g/mol. The van der Waals surface area contributed by atoms with Crippen LogP contribution in [0.4, 0.5) is 0 Å². The molecule has 0 radical (unpaired) electrons. The molecule has 2 aromatic carbocycles. The number of phenols is 1. The Labute approximate surface area is 173 Å². The molecule has 1 heterocycles. The minimum atomic E-state index is -0.516. The van der Waals surface area contributed by atoms with Gasteiger partial charge in [0.15, 0.2) is 17.9 Å². The number of methoxy groups -OCH3 is 1. The van der Waals surface area contributed by atoms with Gasteiger partial charge in [-0.15, -0.1) is 0 Å². The molecule has 3 rings (SSSR count). The third-order valence-electron chi connectivity index (χ3n) is 4.34. The van der Waals surface area contributed by atoms with E-state index in [0.29, 0.717) is 11.1 Å². The van der Waals surface area contributed by atoms with Gasteiger partial charge in [-0.25, -0.2) is 5.43 Å². The van der Waals surface area contributed by atoms with Crippen molar-refractivity contribution in [2.45, 2.75) is 13.5 Å². The Morgan fingerprint density at radius 1 is 1.33 bits per heavy atom. The van der Waals surface area contributed by atoms with Gasteiger partial charge in [-0.3, -0.25) is 4.79 Å². The summed E-state index contributed by atoms with van der Waals surface area (Å²) in [5, 5.41) is 25.2. The lowest BCUT2D eigenvalue weighted by Gasteiger charge is -2.06. The maximum absolute atomic E-state index is 12.1. The molecule has 8 nitrogen and oxygen atoms in total. The first kappa shape index (κ1) is 20.8. The van der Waals surface area contributed by atoms with Crippen LogP contribution in [0, 0.1) is 18.3 Å². The van der Waals surface area contributed by atoms with Gasteiger partial charge in [-0.2, -0.15) is 15.3 Å². The predicted octanol–water partition coefficient (Wildman–Crippen LogP) is 2.22. The van der Waals surface area contributed by atoms with Gasteiger partial charge >= 0.3 is 5.88 Å². The molecule has 1 aromatic heterocycles. The standard InChI is InChI=1S/C22H20N4O4/c1-14-9-16(12-29-2)18(10-23)22(25-14)30-13-21(28)26-24-11-19-17-6-4-3-5-15(17)7-8-20(19)27/h3-9,11,27H,12-13H2,1-2H3,(H,26,28)/p+1. The Hall–Kier alpha value is -3.96. The molecular weight excluding hydrogens is 384 g/mol. The zero-order chi connectivity index (χ0) is 21.5. The second-order valence-corrected chi connectivity index (χ2v) is 6.53. The first-order valence-electron chi connectivity index (χ1n) is 9.13. The number of nitrogens with one attached hydrogen (secondary N) is 2. The normalized spacial score (nSPS) is 10.8. The van der Waals surface area contributed by atoms with Gasteiger partial charge in [-0.1, -0.05) is 30.3 Å². The van der Waals surface area contributed by atoms with Crippen molar-refractivity contribution in [3.63, 3.8) is 0 Å². The molecule has 3 N–H and O–H groups in total. The molecule has 0 unspecified atom stereocenters. The minimum Gasteiger partial charge on any atom is -0.507 e. The zero-order valence-corrected chi connectivity index (χ0v) is 16.6. The van der Waals surface area contributed by atoms with Gasteiger partial charge in [0.05, 0.1) is 12.8 Å². The van der Waals surface area contributed by atoms with Crippen LogP contribution in [0.25, 0.3) is 10.8 Å². The summed E-state index contributed by atoms with van der Waals surface area (Å²) in [5.74, 6) is -0.268. The van der Waals surface area contributed by atoms with E-state index >= 15 is 0 Å². The largest absolute Gasteiger partial charge is 0.507 e. The van der Waals surface area contributed by atoms with Crippen LogP contribution < -0.4 is 15.1 Å². The molecule has 8 heteroatoms. The summed E-state index contributed by atoms with van der Waals surface area (Å²) < 4.78 is 10.6. The fourth-order valence-corrected chi connectivity index (χ4v) is 3.02. The number of nitrogens with zero attached hydrogens (tertiary/aromatic N) is 2. The molecule has 3 aromatic rings. The van der Waals surface area contributed by atoms with Crippen molar-refractivity contribution in [2.75, 3.05) is 13.7 Å². The number of H-pyrrole nitrogens is 1. The highest BCUT2D eigenvalue weighted by Gasteiger charge is 2.19. The van der Waals surface area contributed by atoms with E-state index in [1.54, 1.807) is 18.2 Å². The van der Waals surface area contributed by atoms with Gasteiger partial charge in [-0.05, 0) is 16.8 Å². The number of amides is 1. The Bertz CT molecular complexity index is 1150. The van der Waals surface area contributed by atoms with Gasteiger partial charge in [0.1, 0.15) is 11.8 Å². The molecule has 0 spiro atoms. The summed E-state index contributed by atoms with van der Waals surface area (Å²) in [6, 6.07) is 14.8. The second-order valence-electron chi connectivity index (χ2n) is 6.53. The number of pyridine rings is 1. The summed E-state index contributed by atoms with van der Waals surface area (Å²) in [6.07, 6.45) is 1.38. The number of aromatic amines is 1. The number of hydrogen-bond donors (Lipinski definition) is 2. The lowest BCUT2D eigenvalue weighted by Crippen LogP contribution is -2.27. The van der Waals surface area contributed by atoms with Gasteiger partial charge in [0.2, 0.25) is 0 Å². The molecule has 0 atom stereocenters. The molecule has 0 aliphatic heterocycles. The first-order valence-corrected chi connectivity index (χ1v) is 9.13. The number of nitriles is 1. The van der Waals surface area contributed by atoms with Crippen LogP contribution in [-0.4, -0.2) is 30.9 Å². The number of aromatic hydroxyl groups is 1. The molecule has 0 saturated carbocycles. The number of ether oxygens (including phenoxy) is 2. The van der Waals surface area contributed by atoms with Crippen molar-refractivity contribution in [1.82, 2.24) is 5.43 Å². The number of aromatic nitrogens is 1. The van der Waals surface area contributed by atoms with E-state index in [0.717, 1.165) is 16.5 Å². The van der Waals surface area contributed by atoms with Gasteiger partial charge in [0, 0.05) is 31.2 Å². The predicted molar refractivity (Wildman–Crippen MR) is 110 cm³/mol. The summed E-state index contributed by atoms with van der Waals surface area (Å²) in [4.78, 5) is 15.1. The van der Waals surface area contributed by atoms with E-state index in [1.165, 1.54) is 13.3 Å². The summed E-state index contributed by atoms with van der Waals surface area (Å²) in [6.45, 7) is 1.72. The monoisotopic (exact) mass is 405 g/mol. The fraction of sp³-hybridized carbons (Fsp3) is 0.182. The van der Waals surface area contributed by atoms with Gasteiger partial charge < -0.3 is 14.6 Å². The SMILES string of the molecule is COCc1cc(C)[nH+]c(OCC(=O)NN=Cc2c(O)ccc3ccccc23)c1C#N. The third kappa shape index (κ3) is 4.71. The summed E-state index contributed by atoms with van der Waals surface area (Å²) >= 11 is 0. The smallest absolute Gasteiger partial charge is 0.385 e. The Morgan fingerprint density at radius 2 is 2.13 bits per heavy atom. The van der Waals surface area contributed by atoms with Crippen molar-refractivity contribution in [3.8, 4) is 17.7 Å². The number of rotatable bonds is 7. The maximum atomic E-state index is 12.1. The lowest BCUT2D eigenvalue weighted by atomic mass is 10.0. The number of aryl methyl sites for hydroxylation is 1. The molecule has 1 amide bonds. The van der Waals surface area contributed by atoms with E-state index in [9.17, 15) is 15.2 Å². The molecule has 0 saturated heterocycles. The number of fused-ring (bicyclic) bond motifs is 1. The number of hydrogen-bond acceptors (Lipinski definition) is 6. The number of carbonyl (C=O) groups is 1. The minimum absolute atomic E-state index is 0.0571. The number of hydrazone groups is 1. The molecule has 30 heavy (non-hydrogen) atoms. The number of phenolic OH excluding ortho intramolecular Hbond substituents is 1. The van der Waals surface area contributed by atoms with E-state index in [-0.39, 0.29) is 30.4 Å². The highest BCUT2D eigenvalue weighted by molar-refractivity contribution is 6.02. The van der Waals surface area contributed by atoms with Gasteiger partial charge in [0.25, 0.3) is 5.91 Å². The van der Waals surface area contributed by atoms with E-state index in [4.69, 9.17) is 9.47 Å². The molecule has 152 valence electrons. The van der Waals surface area contributed by atoms with Crippen molar-refractivity contribution < 1.29 is 24.4 Å². The first-order chi connectivity index (χ1) is 14.5. The third-order valence-corrected chi connectivity index (χ3v) is 4.34. The summed E-state index contributed by atoms with van der Waals surface area (Å²) in [7, 11) is 1.53. The van der Waals surface area contributed by atoms with E-state index < -0.39 is 5.91 Å². The Balaban J connectivity index is 1.68. The van der Waals surface area contributed by atoms with Crippen molar-refractivity contribution in [3.05, 3.63) is 64.8 Å². The topological polar surface area (TPSA) is 118 Å². The van der Waals surface area contributed by atoms with Crippen molar-refractivity contribution in [1.29, 1.82) is 5.26 Å². The highest BCUT2D eigenvalue weighted by atomic mass is 16.5. The molecule has 0 fully saturated rings. The lowest BCUT2D eigenvalue weighted by molar-refractivity contribution is -0.403. The number of carbonyl (C=O) groups excluding carboxylic acids is 1. The summed E-state index contributed by atoms with van der Waals surface area (Å²) in [5.41, 5.74) is 4.56. The molecular formula is C22H21N4O4+. The van der Waals surface area contributed by atoms with Crippen LogP contribution >= 0.6 is 0 Å². The van der Waals surface area contributed by atoms with E-state index in [2.05, 4.69) is 21.6 Å². The van der Waals surface area contributed by atoms with Crippen LogP contribution in [0.15, 0.2) is 47.6 Å². The van der Waals surface area contributed by atoms with Crippen LogP contribution in [0.3, 0.4) is 0 Å². The van der Waals surface area contributed by atoms with Crippen LogP contribution in [0.5, 0.6) is 11.6 Å². The number of benzene rings is 2. The molecule has 0 aliphatic rings. The highest BCUT2D eigenvalue weighted by Crippen LogP contribution is 2.25. The average Bonchev–Trinajstić information content (AvgIpc) is 2.74. The maximum Gasteiger partial charge on any atom is 0.385 e.